The number of rotatable bonds is 9. The third-order valence-corrected chi connectivity index (χ3v) is 14.4. The number of halogens is 5. The van der Waals surface area contributed by atoms with Gasteiger partial charge in [-0.1, -0.05) is 13.0 Å². The first-order valence-corrected chi connectivity index (χ1v) is 19.6. The number of hydrogen-bond donors (Lipinski definition) is 0. The van der Waals surface area contributed by atoms with Crippen molar-refractivity contribution in [3.05, 3.63) is 28.8 Å². The maximum atomic E-state index is 13.3. The number of fused-ring (bicyclic) bond motifs is 5. The van der Waals surface area contributed by atoms with Crippen LogP contribution in [0, 0.1) is 35.5 Å². The Labute approximate surface area is 288 Å². The van der Waals surface area contributed by atoms with Gasteiger partial charge in [-0.05, 0) is 129 Å². The maximum absolute atomic E-state index is 13.3. The van der Waals surface area contributed by atoms with E-state index in [-0.39, 0.29) is 52.1 Å². The Morgan fingerprint density at radius 1 is 1.02 bits per heavy atom. The molecule has 2 saturated carbocycles. The van der Waals surface area contributed by atoms with Crippen LogP contribution in [0.4, 0.5) is 26.7 Å². The summed E-state index contributed by atoms with van der Waals surface area (Å²) in [5.74, 6) is -2.92. The Bertz CT molecular complexity index is 1420. The molecule has 1 amide bonds. The standard InChI is InChI=1S/C37H50F5NO5S/c1-24-21-28-26(23-30(24)48-33(45)43-15-11-35(12-16-43)13-17-47-18-14-35)22-25(32-27(28)8-10-34(2)29(32)6-7-31(34)44)5-3-19-49(46)20-4-9-36(38,39)37(40,41)42/h21,23,25,27,29,32H,3-20,22H2,1-2H3/t25-,27-,29+,32-,34+,49?/m1/s1. The fraction of sp³-hybridized carbons (Fsp3) is 0.784. The number of carbonyl (C=O) groups is 2. The summed E-state index contributed by atoms with van der Waals surface area (Å²) in [6, 6.07) is 4.19. The van der Waals surface area contributed by atoms with Gasteiger partial charge in [0.15, 0.2) is 0 Å². The van der Waals surface area contributed by atoms with Gasteiger partial charge in [-0.15, -0.1) is 0 Å². The van der Waals surface area contributed by atoms with E-state index in [4.69, 9.17) is 9.47 Å². The average molecular weight is 716 g/mol. The summed E-state index contributed by atoms with van der Waals surface area (Å²) >= 11 is 0. The van der Waals surface area contributed by atoms with E-state index in [0.29, 0.717) is 37.5 Å². The van der Waals surface area contributed by atoms with Gasteiger partial charge in [0, 0.05) is 66.9 Å². The summed E-state index contributed by atoms with van der Waals surface area (Å²) in [5.41, 5.74) is 3.20. The fourth-order valence-corrected chi connectivity index (χ4v) is 11.1. The van der Waals surface area contributed by atoms with Crippen LogP contribution >= 0.6 is 0 Å². The van der Waals surface area contributed by atoms with Gasteiger partial charge in [0.2, 0.25) is 0 Å². The number of carbonyl (C=O) groups excluding carboxylic acids is 2. The van der Waals surface area contributed by atoms with Crippen molar-refractivity contribution in [2.75, 3.05) is 37.8 Å². The van der Waals surface area contributed by atoms with Gasteiger partial charge >= 0.3 is 18.2 Å². The number of aryl methyl sites for hydroxylation is 1. The van der Waals surface area contributed by atoms with Crippen LogP contribution in [-0.2, 0) is 26.8 Å². The Kier molecular flexibility index (Phi) is 10.6. The van der Waals surface area contributed by atoms with E-state index in [2.05, 4.69) is 13.0 Å². The molecule has 3 aliphatic carbocycles. The summed E-state index contributed by atoms with van der Waals surface area (Å²) in [4.78, 5) is 28.2. The zero-order valence-corrected chi connectivity index (χ0v) is 29.5. The summed E-state index contributed by atoms with van der Waals surface area (Å²) in [5, 5.41) is 0. The second-order valence-corrected chi connectivity index (χ2v) is 17.4. The highest BCUT2D eigenvalue weighted by molar-refractivity contribution is 7.84. The van der Waals surface area contributed by atoms with Crippen molar-refractivity contribution < 1.29 is 45.2 Å². The van der Waals surface area contributed by atoms with E-state index in [1.54, 1.807) is 0 Å². The molecule has 2 heterocycles. The minimum absolute atomic E-state index is 0.184. The monoisotopic (exact) mass is 715 g/mol. The largest absolute Gasteiger partial charge is 0.453 e. The maximum Gasteiger partial charge on any atom is 0.453 e. The van der Waals surface area contributed by atoms with Crippen molar-refractivity contribution >= 4 is 22.7 Å². The molecule has 6 rings (SSSR count). The average Bonchev–Trinajstić information content (AvgIpc) is 3.35. The van der Waals surface area contributed by atoms with Gasteiger partial charge in [0.05, 0.1) is 0 Å². The lowest BCUT2D eigenvalue weighted by atomic mass is 9.52. The Hall–Kier alpha value is -2.08. The molecule has 2 aliphatic heterocycles. The number of piperidine rings is 1. The van der Waals surface area contributed by atoms with E-state index in [1.165, 1.54) is 5.56 Å². The first-order chi connectivity index (χ1) is 23.1. The number of Topliss-reactive ketones (excluding diaryl/α,β-unsaturated/α-hetero) is 1. The van der Waals surface area contributed by atoms with Crippen LogP contribution in [0.3, 0.4) is 0 Å². The minimum atomic E-state index is -5.60. The molecule has 0 radical (unpaired) electrons. The van der Waals surface area contributed by atoms with Gasteiger partial charge in [-0.2, -0.15) is 22.0 Å². The van der Waals surface area contributed by atoms with E-state index < -0.39 is 35.7 Å². The van der Waals surface area contributed by atoms with Crippen LogP contribution < -0.4 is 4.74 Å². The molecule has 2 saturated heterocycles. The number of hydrogen-bond acceptors (Lipinski definition) is 5. The third-order valence-electron chi connectivity index (χ3n) is 13.0. The smallest absolute Gasteiger partial charge is 0.410 e. The zero-order valence-electron chi connectivity index (χ0n) is 28.7. The molecule has 0 bridgehead atoms. The van der Waals surface area contributed by atoms with Crippen LogP contribution in [0.25, 0.3) is 0 Å². The lowest BCUT2D eigenvalue weighted by Gasteiger charge is -2.52. The van der Waals surface area contributed by atoms with Gasteiger partial charge in [0.25, 0.3) is 0 Å². The Balaban J connectivity index is 1.13. The van der Waals surface area contributed by atoms with Crippen LogP contribution in [-0.4, -0.2) is 70.9 Å². The number of likely N-dealkylation sites (tertiary alicyclic amines) is 1. The number of ketones is 1. The lowest BCUT2D eigenvalue weighted by Crippen LogP contribution is -2.46. The Morgan fingerprint density at radius 3 is 2.41 bits per heavy atom. The second-order valence-electron chi connectivity index (χ2n) is 15.8. The van der Waals surface area contributed by atoms with Crippen molar-refractivity contribution in [2.24, 2.45) is 28.6 Å². The summed E-state index contributed by atoms with van der Waals surface area (Å²) < 4.78 is 88.5. The van der Waals surface area contributed by atoms with Gasteiger partial charge < -0.3 is 14.4 Å². The number of amides is 1. The molecule has 6 atom stereocenters. The van der Waals surface area contributed by atoms with Crippen LogP contribution in [0.15, 0.2) is 12.1 Å². The molecule has 6 nitrogen and oxygen atoms in total. The fourth-order valence-electron chi connectivity index (χ4n) is 9.92. The lowest BCUT2D eigenvalue weighted by molar-refractivity contribution is -0.284. The molecule has 12 heteroatoms. The van der Waals surface area contributed by atoms with E-state index in [0.717, 1.165) is 82.1 Å². The van der Waals surface area contributed by atoms with Crippen LogP contribution in [0.5, 0.6) is 5.75 Å². The molecular weight excluding hydrogens is 665 g/mol. The molecule has 1 aromatic rings. The summed E-state index contributed by atoms with van der Waals surface area (Å²) in [7, 11) is -1.50. The minimum Gasteiger partial charge on any atom is -0.410 e. The first-order valence-electron chi connectivity index (χ1n) is 18.1. The van der Waals surface area contributed by atoms with Crippen LogP contribution in [0.1, 0.15) is 107 Å². The van der Waals surface area contributed by atoms with E-state index >= 15 is 0 Å². The number of benzene rings is 1. The number of alkyl halides is 5. The summed E-state index contributed by atoms with van der Waals surface area (Å²) in [6.45, 7) is 6.98. The predicted molar refractivity (Wildman–Crippen MR) is 176 cm³/mol. The Morgan fingerprint density at radius 2 is 1.71 bits per heavy atom. The van der Waals surface area contributed by atoms with Crippen molar-refractivity contribution in [2.45, 2.75) is 115 Å². The van der Waals surface area contributed by atoms with Crippen molar-refractivity contribution in [3.8, 4) is 5.75 Å². The molecule has 274 valence electrons. The van der Waals surface area contributed by atoms with Crippen molar-refractivity contribution in [1.29, 1.82) is 0 Å². The molecule has 0 aromatic heterocycles. The highest BCUT2D eigenvalue weighted by Gasteiger charge is 2.57. The molecule has 4 fully saturated rings. The van der Waals surface area contributed by atoms with Crippen LogP contribution in [0.2, 0.25) is 0 Å². The molecule has 1 spiro atoms. The molecule has 0 N–H and O–H groups in total. The third kappa shape index (κ3) is 7.47. The number of nitrogens with zero attached hydrogens (tertiary/aromatic N) is 1. The quantitative estimate of drug-likeness (QED) is 0.240. The van der Waals surface area contributed by atoms with E-state index in [9.17, 15) is 35.8 Å². The van der Waals surface area contributed by atoms with E-state index in [1.807, 2.05) is 17.9 Å². The van der Waals surface area contributed by atoms with Crippen molar-refractivity contribution in [1.82, 2.24) is 4.90 Å². The van der Waals surface area contributed by atoms with Gasteiger partial charge in [-0.25, -0.2) is 4.79 Å². The molecule has 5 aliphatic rings. The highest BCUT2D eigenvalue weighted by atomic mass is 32.2. The topological polar surface area (TPSA) is 72.9 Å². The summed E-state index contributed by atoms with van der Waals surface area (Å²) in [6.07, 6.45) is 1.35. The number of ether oxygens (including phenoxy) is 2. The van der Waals surface area contributed by atoms with Gasteiger partial charge in [0.1, 0.15) is 11.5 Å². The van der Waals surface area contributed by atoms with Gasteiger partial charge in [-0.3, -0.25) is 9.00 Å². The molecule has 49 heavy (non-hydrogen) atoms. The molecule has 1 unspecified atom stereocenters. The molecule has 1 aromatic carbocycles. The highest BCUT2D eigenvalue weighted by Crippen LogP contribution is 2.62. The molecular formula is C37H50F5NO5S. The second kappa shape index (κ2) is 14.2. The normalized spacial score (nSPS) is 30.4. The first kappa shape index (κ1) is 36.7. The predicted octanol–water partition coefficient (Wildman–Crippen LogP) is 8.54. The SMILES string of the molecule is Cc1cc2c(cc1OC(=O)N1CCC3(CCOCC3)CC1)C[C@@H](CCCS(=O)CCCC(F)(F)C(F)(F)F)[C@@H]1[C@@H]2CC[C@]2(C)C(=O)CC[C@@H]12. The van der Waals surface area contributed by atoms with Crippen molar-refractivity contribution in [3.63, 3.8) is 0 Å². The zero-order chi connectivity index (χ0) is 35.2.